The molecule has 0 bridgehead atoms. The molecule has 4 aromatic rings. The highest BCUT2D eigenvalue weighted by Crippen LogP contribution is 2.37. The maximum atomic E-state index is 2.29. The van der Waals surface area contributed by atoms with Crippen LogP contribution in [0.15, 0.2) is 66.7 Å². The molecular formula is C21H14. The molecule has 0 aliphatic heterocycles. The van der Waals surface area contributed by atoms with E-state index in [9.17, 15) is 0 Å². The molecule has 0 heterocycles. The molecule has 0 unspecified atom stereocenters. The first kappa shape index (κ1) is 11.1. The van der Waals surface area contributed by atoms with E-state index in [2.05, 4.69) is 72.8 Å². The average molecular weight is 266 g/mol. The molecule has 21 heavy (non-hydrogen) atoms. The third-order valence-corrected chi connectivity index (χ3v) is 4.64. The maximum absolute atomic E-state index is 2.29. The highest BCUT2D eigenvalue weighted by atomic mass is 14.2. The Kier molecular flexibility index (Phi) is 2.09. The zero-order chi connectivity index (χ0) is 13.8. The number of rotatable bonds is 0. The molecule has 0 atom stereocenters. The van der Waals surface area contributed by atoms with Crippen LogP contribution in [0.4, 0.5) is 0 Å². The summed E-state index contributed by atoms with van der Waals surface area (Å²) in [7, 11) is 0. The number of hydrogen-bond donors (Lipinski definition) is 0. The van der Waals surface area contributed by atoms with Crippen molar-refractivity contribution in [1.29, 1.82) is 0 Å². The van der Waals surface area contributed by atoms with E-state index in [1.807, 2.05) is 0 Å². The molecule has 5 rings (SSSR count). The van der Waals surface area contributed by atoms with Gasteiger partial charge in [-0.05, 0) is 49.9 Å². The Hall–Kier alpha value is -2.60. The topological polar surface area (TPSA) is 0 Å². The normalized spacial score (nSPS) is 13.3. The van der Waals surface area contributed by atoms with Crippen LogP contribution in [0.3, 0.4) is 0 Å². The summed E-state index contributed by atoms with van der Waals surface area (Å²) in [6.07, 6.45) is 5.62. The van der Waals surface area contributed by atoms with Crippen molar-refractivity contribution in [2.75, 3.05) is 0 Å². The number of hydrogen-bond acceptors (Lipinski definition) is 0. The molecule has 0 N–H and O–H groups in total. The van der Waals surface area contributed by atoms with Crippen molar-refractivity contribution in [3.05, 3.63) is 77.9 Å². The summed E-state index contributed by atoms with van der Waals surface area (Å²) in [6, 6.07) is 22.2. The Balaban J connectivity index is 2.15. The molecule has 4 aromatic carbocycles. The summed E-state index contributed by atoms with van der Waals surface area (Å²) < 4.78 is 0. The van der Waals surface area contributed by atoms with Gasteiger partial charge in [-0.2, -0.15) is 0 Å². The molecule has 1 aliphatic carbocycles. The van der Waals surface area contributed by atoms with Gasteiger partial charge in [0, 0.05) is 0 Å². The molecule has 0 radical (unpaired) electrons. The van der Waals surface area contributed by atoms with Gasteiger partial charge >= 0.3 is 0 Å². The Bertz CT molecular complexity index is 1050. The van der Waals surface area contributed by atoms with Crippen LogP contribution in [-0.4, -0.2) is 0 Å². The zero-order valence-electron chi connectivity index (χ0n) is 11.6. The lowest BCUT2D eigenvalue weighted by molar-refractivity contribution is 1.32. The van der Waals surface area contributed by atoms with E-state index in [1.165, 1.54) is 43.4 Å². The lowest BCUT2D eigenvalue weighted by Crippen LogP contribution is -1.87. The first-order valence-electron chi connectivity index (χ1n) is 7.44. The van der Waals surface area contributed by atoms with Gasteiger partial charge in [-0.15, -0.1) is 0 Å². The van der Waals surface area contributed by atoms with Gasteiger partial charge in [-0.3, -0.25) is 0 Å². The van der Waals surface area contributed by atoms with E-state index >= 15 is 0 Å². The molecule has 0 nitrogen and oxygen atoms in total. The van der Waals surface area contributed by atoms with Crippen molar-refractivity contribution in [3.63, 3.8) is 0 Å². The Morgan fingerprint density at radius 1 is 0.619 bits per heavy atom. The molecule has 0 saturated heterocycles. The van der Waals surface area contributed by atoms with Gasteiger partial charge in [0.25, 0.3) is 0 Å². The van der Waals surface area contributed by atoms with Crippen molar-refractivity contribution in [3.8, 4) is 0 Å². The quantitative estimate of drug-likeness (QED) is 0.357. The molecule has 0 amide bonds. The van der Waals surface area contributed by atoms with Gasteiger partial charge in [0.15, 0.2) is 0 Å². The summed E-state index contributed by atoms with van der Waals surface area (Å²) in [5, 5.41) is 8.15. The second-order valence-corrected chi connectivity index (χ2v) is 5.79. The van der Waals surface area contributed by atoms with Crippen molar-refractivity contribution in [2.45, 2.75) is 6.42 Å². The summed E-state index contributed by atoms with van der Waals surface area (Å²) in [5.74, 6) is 0. The van der Waals surface area contributed by atoms with Crippen molar-refractivity contribution in [2.24, 2.45) is 0 Å². The van der Waals surface area contributed by atoms with Crippen molar-refractivity contribution in [1.82, 2.24) is 0 Å². The second-order valence-electron chi connectivity index (χ2n) is 5.79. The fraction of sp³-hybridized carbons (Fsp3) is 0.0476. The number of benzene rings is 4. The lowest BCUT2D eigenvalue weighted by atomic mass is 9.92. The van der Waals surface area contributed by atoms with E-state index in [4.69, 9.17) is 0 Å². The lowest BCUT2D eigenvalue weighted by Gasteiger charge is -2.11. The molecule has 0 heteroatoms. The van der Waals surface area contributed by atoms with E-state index in [0.717, 1.165) is 6.42 Å². The SMILES string of the molecule is C1=Cc2c(ccc3ccc4ccc5ccccc5c4c23)C1. The highest BCUT2D eigenvalue weighted by molar-refractivity contribution is 6.22. The van der Waals surface area contributed by atoms with Gasteiger partial charge in [0.05, 0.1) is 0 Å². The van der Waals surface area contributed by atoms with E-state index in [0.29, 0.717) is 0 Å². The fourth-order valence-corrected chi connectivity index (χ4v) is 3.66. The van der Waals surface area contributed by atoms with Crippen LogP contribution < -0.4 is 0 Å². The minimum atomic E-state index is 1.06. The van der Waals surface area contributed by atoms with Crippen LogP contribution in [0.2, 0.25) is 0 Å². The first-order valence-corrected chi connectivity index (χ1v) is 7.44. The molecular weight excluding hydrogens is 252 g/mol. The summed E-state index contributed by atoms with van der Waals surface area (Å²) in [6.45, 7) is 0. The van der Waals surface area contributed by atoms with Crippen LogP contribution >= 0.6 is 0 Å². The van der Waals surface area contributed by atoms with Crippen molar-refractivity contribution >= 4 is 38.4 Å². The van der Waals surface area contributed by atoms with Crippen LogP contribution in [0.25, 0.3) is 38.4 Å². The Labute approximate surface area is 123 Å². The largest absolute Gasteiger partial charge is 0.0795 e. The van der Waals surface area contributed by atoms with E-state index in [-0.39, 0.29) is 0 Å². The highest BCUT2D eigenvalue weighted by Gasteiger charge is 2.13. The monoisotopic (exact) mass is 266 g/mol. The molecule has 0 spiro atoms. The van der Waals surface area contributed by atoms with Crippen molar-refractivity contribution < 1.29 is 0 Å². The average Bonchev–Trinajstić information content (AvgIpc) is 3.02. The molecule has 98 valence electrons. The molecule has 0 aromatic heterocycles. The zero-order valence-corrected chi connectivity index (χ0v) is 11.6. The van der Waals surface area contributed by atoms with E-state index in [1.54, 1.807) is 0 Å². The third-order valence-electron chi connectivity index (χ3n) is 4.64. The summed E-state index contributed by atoms with van der Waals surface area (Å²) in [4.78, 5) is 0. The molecule has 1 aliphatic rings. The first-order chi connectivity index (χ1) is 10.4. The molecule has 0 fully saturated rings. The predicted molar refractivity (Wildman–Crippen MR) is 91.7 cm³/mol. The van der Waals surface area contributed by atoms with E-state index < -0.39 is 0 Å². The van der Waals surface area contributed by atoms with Crippen LogP contribution in [-0.2, 0) is 6.42 Å². The minimum Gasteiger partial charge on any atom is -0.0795 e. The van der Waals surface area contributed by atoms with Crippen LogP contribution in [0, 0.1) is 0 Å². The standard InChI is InChI=1S/C21H14/c1-2-6-18-14(4-1)8-10-16-12-13-17-11-9-15-5-3-7-19(15)21(17)20(16)18/h1-4,6-13H,5H2. The van der Waals surface area contributed by atoms with Crippen LogP contribution in [0.5, 0.6) is 0 Å². The van der Waals surface area contributed by atoms with Gasteiger partial charge in [0.1, 0.15) is 0 Å². The van der Waals surface area contributed by atoms with Gasteiger partial charge in [-0.25, -0.2) is 0 Å². The van der Waals surface area contributed by atoms with Crippen LogP contribution in [0.1, 0.15) is 11.1 Å². The third kappa shape index (κ3) is 1.45. The maximum Gasteiger partial charge on any atom is -0.00207 e. The second kappa shape index (κ2) is 3.95. The van der Waals surface area contributed by atoms with Gasteiger partial charge < -0.3 is 0 Å². The summed E-state index contributed by atoms with van der Waals surface area (Å²) >= 11 is 0. The number of fused-ring (bicyclic) bond motifs is 7. The Morgan fingerprint density at radius 2 is 1.33 bits per heavy atom. The fourth-order valence-electron chi connectivity index (χ4n) is 3.66. The summed E-state index contributed by atoms with van der Waals surface area (Å²) in [5.41, 5.74) is 2.86. The smallest absolute Gasteiger partial charge is 0.00207 e. The van der Waals surface area contributed by atoms with Gasteiger partial charge in [0.2, 0.25) is 0 Å². The Morgan fingerprint density at radius 3 is 2.24 bits per heavy atom. The number of allylic oxidation sites excluding steroid dienone is 1. The molecule has 0 saturated carbocycles. The predicted octanol–water partition coefficient (Wildman–Crippen LogP) is 5.72. The van der Waals surface area contributed by atoms with Gasteiger partial charge in [-0.1, -0.05) is 72.8 Å². The minimum absolute atomic E-state index is 1.06.